The minimum atomic E-state index is 0.649. The molecule has 0 amide bonds. The number of hydrogen-bond acceptors (Lipinski definition) is 4. The highest BCUT2D eigenvalue weighted by molar-refractivity contribution is 5.31. The Morgan fingerprint density at radius 3 is 2.25 bits per heavy atom. The molecule has 0 radical (unpaired) electrons. The van der Waals surface area contributed by atoms with Crippen molar-refractivity contribution in [2.24, 2.45) is 0 Å². The van der Waals surface area contributed by atoms with Crippen molar-refractivity contribution < 1.29 is 9.47 Å². The van der Waals surface area contributed by atoms with Gasteiger partial charge < -0.3 is 9.47 Å². The lowest BCUT2D eigenvalue weighted by Gasteiger charge is -2.27. The van der Waals surface area contributed by atoms with Gasteiger partial charge in [-0.25, -0.2) is 0 Å². The lowest BCUT2D eigenvalue weighted by molar-refractivity contribution is 0.183. The van der Waals surface area contributed by atoms with E-state index in [0.717, 1.165) is 37.3 Å². The average molecular weight is 330 g/mol. The van der Waals surface area contributed by atoms with E-state index in [9.17, 15) is 0 Å². The molecule has 0 aromatic heterocycles. The minimum Gasteiger partial charge on any atom is -0.492 e. The van der Waals surface area contributed by atoms with Crippen LogP contribution >= 0.6 is 0 Å². The molecule has 4 rings (SSSR count). The van der Waals surface area contributed by atoms with Gasteiger partial charge in [0.05, 0.1) is 6.04 Å². The number of ether oxygens (including phenoxy) is 2. The van der Waals surface area contributed by atoms with Gasteiger partial charge in [0.2, 0.25) is 0 Å². The van der Waals surface area contributed by atoms with Crippen LogP contribution in [0.2, 0.25) is 0 Å². The molecule has 2 atom stereocenters. The summed E-state index contributed by atoms with van der Waals surface area (Å²) in [6, 6.07) is 9.63. The smallest absolute Gasteiger partial charge is 0.119 e. The molecule has 24 heavy (non-hydrogen) atoms. The van der Waals surface area contributed by atoms with Gasteiger partial charge in [-0.15, -0.1) is 0 Å². The molecule has 0 N–H and O–H groups in total. The molecule has 3 fully saturated rings. The fourth-order valence-electron chi connectivity index (χ4n) is 3.81. The van der Waals surface area contributed by atoms with Crippen molar-refractivity contribution >= 4 is 0 Å². The number of benzene rings is 1. The van der Waals surface area contributed by atoms with Crippen LogP contribution in [0.3, 0.4) is 0 Å². The van der Waals surface area contributed by atoms with Gasteiger partial charge in [-0.1, -0.05) is 12.8 Å². The molecule has 3 aliphatic rings. The molecule has 4 nitrogen and oxygen atoms in total. The van der Waals surface area contributed by atoms with Gasteiger partial charge in [-0.2, -0.15) is 0 Å². The second-order valence-corrected chi connectivity index (χ2v) is 7.47. The SMILES string of the molecule is c1cc(OCC2CN2C2CCC2)ccc1OCCN1CCCCC1. The van der Waals surface area contributed by atoms with Gasteiger partial charge in [0, 0.05) is 19.1 Å². The van der Waals surface area contributed by atoms with E-state index in [0.29, 0.717) is 6.04 Å². The molecule has 2 aliphatic heterocycles. The van der Waals surface area contributed by atoms with Crippen LogP contribution < -0.4 is 9.47 Å². The number of hydrogen-bond donors (Lipinski definition) is 0. The summed E-state index contributed by atoms with van der Waals surface area (Å²) in [5, 5.41) is 0. The normalized spacial score (nSPS) is 27.5. The van der Waals surface area contributed by atoms with Gasteiger partial charge in [-0.3, -0.25) is 9.80 Å². The lowest BCUT2D eigenvalue weighted by atomic mass is 9.93. The Balaban J connectivity index is 1.13. The molecule has 1 aromatic carbocycles. The molecular weight excluding hydrogens is 300 g/mol. The first-order valence-corrected chi connectivity index (χ1v) is 9.72. The van der Waals surface area contributed by atoms with Gasteiger partial charge in [-0.05, 0) is 63.0 Å². The average Bonchev–Trinajstić information content (AvgIpc) is 3.32. The molecule has 0 bridgehead atoms. The highest BCUT2D eigenvalue weighted by Gasteiger charge is 2.42. The Morgan fingerprint density at radius 1 is 0.875 bits per heavy atom. The number of nitrogens with zero attached hydrogens (tertiary/aromatic N) is 2. The summed E-state index contributed by atoms with van der Waals surface area (Å²) in [6.45, 7) is 6.33. The van der Waals surface area contributed by atoms with Crippen LogP contribution in [-0.4, -0.2) is 61.3 Å². The Morgan fingerprint density at radius 2 is 1.58 bits per heavy atom. The molecule has 0 spiro atoms. The molecule has 2 heterocycles. The van der Waals surface area contributed by atoms with Crippen LogP contribution in [0.15, 0.2) is 24.3 Å². The predicted molar refractivity (Wildman–Crippen MR) is 95.9 cm³/mol. The minimum absolute atomic E-state index is 0.649. The van der Waals surface area contributed by atoms with Gasteiger partial charge in [0.15, 0.2) is 0 Å². The highest BCUT2D eigenvalue weighted by atomic mass is 16.5. The molecule has 132 valence electrons. The zero-order valence-electron chi connectivity index (χ0n) is 14.7. The zero-order chi connectivity index (χ0) is 16.2. The van der Waals surface area contributed by atoms with E-state index in [1.54, 1.807) is 0 Å². The van der Waals surface area contributed by atoms with Crippen molar-refractivity contribution in [1.82, 2.24) is 9.80 Å². The van der Waals surface area contributed by atoms with Crippen LogP contribution in [0.1, 0.15) is 38.5 Å². The third-order valence-corrected chi connectivity index (χ3v) is 5.69. The van der Waals surface area contributed by atoms with Gasteiger partial charge >= 0.3 is 0 Å². The van der Waals surface area contributed by atoms with Crippen LogP contribution in [0.4, 0.5) is 0 Å². The predicted octanol–water partition coefficient (Wildman–Crippen LogP) is 3.17. The van der Waals surface area contributed by atoms with Crippen molar-refractivity contribution in [3.05, 3.63) is 24.3 Å². The molecule has 4 heteroatoms. The van der Waals surface area contributed by atoms with E-state index < -0.39 is 0 Å². The molecule has 1 aliphatic carbocycles. The summed E-state index contributed by atoms with van der Waals surface area (Å²) in [6.07, 6.45) is 8.25. The first-order valence-electron chi connectivity index (χ1n) is 9.72. The van der Waals surface area contributed by atoms with E-state index in [-0.39, 0.29) is 0 Å². The molecule has 2 unspecified atom stereocenters. The number of piperidine rings is 1. The molecule has 1 saturated carbocycles. The van der Waals surface area contributed by atoms with E-state index in [1.165, 1.54) is 58.2 Å². The Labute approximate surface area is 145 Å². The number of likely N-dealkylation sites (tertiary alicyclic amines) is 1. The Hall–Kier alpha value is -1.26. The third-order valence-electron chi connectivity index (χ3n) is 5.69. The first kappa shape index (κ1) is 16.2. The molecule has 1 aromatic rings. The monoisotopic (exact) mass is 330 g/mol. The summed E-state index contributed by atoms with van der Waals surface area (Å²) in [5.74, 6) is 1.90. The van der Waals surface area contributed by atoms with Crippen molar-refractivity contribution in [3.8, 4) is 11.5 Å². The summed E-state index contributed by atoms with van der Waals surface area (Å²) in [7, 11) is 0. The maximum absolute atomic E-state index is 5.93. The van der Waals surface area contributed by atoms with Crippen molar-refractivity contribution in [2.45, 2.75) is 50.6 Å². The maximum Gasteiger partial charge on any atom is 0.119 e. The lowest BCUT2D eigenvalue weighted by Crippen LogP contribution is -2.33. The van der Waals surface area contributed by atoms with Crippen LogP contribution in [0.5, 0.6) is 11.5 Å². The fraction of sp³-hybridized carbons (Fsp3) is 0.700. The fourth-order valence-corrected chi connectivity index (χ4v) is 3.81. The van der Waals surface area contributed by atoms with Crippen molar-refractivity contribution in [2.75, 3.05) is 39.4 Å². The summed E-state index contributed by atoms with van der Waals surface area (Å²) in [5.41, 5.74) is 0. The third kappa shape index (κ3) is 4.22. The van der Waals surface area contributed by atoms with Gasteiger partial charge in [0.1, 0.15) is 24.7 Å². The first-order chi connectivity index (χ1) is 11.9. The second-order valence-electron chi connectivity index (χ2n) is 7.47. The highest BCUT2D eigenvalue weighted by Crippen LogP contribution is 2.33. The second kappa shape index (κ2) is 7.75. The van der Waals surface area contributed by atoms with E-state index in [1.807, 2.05) is 24.3 Å². The van der Waals surface area contributed by atoms with Gasteiger partial charge in [0.25, 0.3) is 0 Å². The summed E-state index contributed by atoms with van der Waals surface area (Å²) < 4.78 is 11.8. The quantitative estimate of drug-likeness (QED) is 0.684. The topological polar surface area (TPSA) is 24.7 Å². The van der Waals surface area contributed by atoms with Crippen LogP contribution in [0, 0.1) is 0 Å². The standard InChI is InChI=1S/C20H30N2O2/c1-2-11-21(12-3-1)13-14-23-19-7-9-20(10-8-19)24-16-18-15-22(18)17-5-4-6-17/h7-10,17-18H,1-6,11-16H2. The molecule has 2 saturated heterocycles. The van der Waals surface area contributed by atoms with E-state index in [4.69, 9.17) is 9.47 Å². The summed E-state index contributed by atoms with van der Waals surface area (Å²) in [4.78, 5) is 5.09. The molecular formula is C20H30N2O2. The Kier molecular flexibility index (Phi) is 5.24. The van der Waals surface area contributed by atoms with Crippen molar-refractivity contribution in [3.63, 3.8) is 0 Å². The zero-order valence-corrected chi connectivity index (χ0v) is 14.7. The Bertz CT molecular complexity index is 509. The number of rotatable bonds is 8. The van der Waals surface area contributed by atoms with E-state index in [2.05, 4.69) is 9.80 Å². The van der Waals surface area contributed by atoms with E-state index >= 15 is 0 Å². The largest absolute Gasteiger partial charge is 0.492 e. The van der Waals surface area contributed by atoms with Crippen molar-refractivity contribution in [1.29, 1.82) is 0 Å². The van der Waals surface area contributed by atoms with Crippen LogP contribution in [0.25, 0.3) is 0 Å². The van der Waals surface area contributed by atoms with Crippen LogP contribution in [-0.2, 0) is 0 Å². The summed E-state index contributed by atoms with van der Waals surface area (Å²) >= 11 is 0. The maximum atomic E-state index is 5.93.